The van der Waals surface area contributed by atoms with Crippen molar-refractivity contribution in [3.63, 3.8) is 0 Å². The summed E-state index contributed by atoms with van der Waals surface area (Å²) in [5.41, 5.74) is 4.33. The Labute approximate surface area is 222 Å². The number of benzene rings is 2. The van der Waals surface area contributed by atoms with Crippen LogP contribution in [0, 0.1) is 12.7 Å². The topological polar surface area (TPSA) is 67.2 Å². The summed E-state index contributed by atoms with van der Waals surface area (Å²) in [7, 11) is 0. The maximum Gasteiger partial charge on any atom is 0.240 e. The number of hydrogen-bond acceptors (Lipinski definition) is 5. The summed E-state index contributed by atoms with van der Waals surface area (Å²) in [6, 6.07) is 18.5. The summed E-state index contributed by atoms with van der Waals surface area (Å²) in [5.74, 6) is 0.126. The standard InChI is InChI=1S/C28H25FN4O2S2/c1-17-5-2-3-6-21(17)33-28-25(26(31-33)22-7-4-14-36-22)27(18-8-10-19(29)11-9-18)37-16-24(35)32(28)15-23(34)30-20-12-13-20/h2-11,14,20,27H,12-13,15-16H2,1H3,(H,30,34). The lowest BCUT2D eigenvalue weighted by molar-refractivity contribution is -0.123. The van der Waals surface area contributed by atoms with E-state index in [4.69, 9.17) is 5.10 Å². The minimum atomic E-state index is -0.314. The number of aromatic nitrogens is 2. The van der Waals surface area contributed by atoms with Gasteiger partial charge in [0.2, 0.25) is 11.8 Å². The third-order valence-corrected chi connectivity index (χ3v) is 8.74. The smallest absolute Gasteiger partial charge is 0.240 e. The molecular formula is C28H25FN4O2S2. The van der Waals surface area contributed by atoms with Crippen molar-refractivity contribution in [1.82, 2.24) is 15.1 Å². The predicted molar refractivity (Wildman–Crippen MR) is 146 cm³/mol. The highest BCUT2D eigenvalue weighted by atomic mass is 32.2. The molecule has 1 atom stereocenters. The number of aryl methyl sites for hydroxylation is 1. The molecule has 0 radical (unpaired) electrons. The number of halogens is 1. The highest BCUT2D eigenvalue weighted by Gasteiger charge is 2.38. The molecule has 9 heteroatoms. The normalized spacial score (nSPS) is 17.4. The zero-order valence-electron chi connectivity index (χ0n) is 20.2. The molecule has 1 saturated carbocycles. The second kappa shape index (κ2) is 9.79. The fourth-order valence-corrected chi connectivity index (χ4v) is 6.55. The zero-order chi connectivity index (χ0) is 25.5. The Balaban J connectivity index is 1.60. The number of nitrogens with zero attached hydrogens (tertiary/aromatic N) is 3. The number of fused-ring (bicyclic) bond motifs is 1. The molecule has 6 rings (SSSR count). The lowest BCUT2D eigenvalue weighted by atomic mass is 10.0. The Bertz CT molecular complexity index is 1460. The second-order valence-corrected chi connectivity index (χ2v) is 11.4. The van der Waals surface area contributed by atoms with Crippen molar-refractivity contribution in [2.45, 2.75) is 31.1 Å². The Morgan fingerprint density at radius 1 is 1.11 bits per heavy atom. The van der Waals surface area contributed by atoms with Crippen LogP contribution in [0.4, 0.5) is 10.2 Å². The van der Waals surface area contributed by atoms with Crippen LogP contribution in [0.1, 0.15) is 34.8 Å². The van der Waals surface area contributed by atoms with Crippen molar-refractivity contribution in [1.29, 1.82) is 0 Å². The molecular weight excluding hydrogens is 507 g/mol. The Morgan fingerprint density at radius 3 is 2.59 bits per heavy atom. The number of carbonyl (C=O) groups is 2. The van der Waals surface area contributed by atoms with Gasteiger partial charge in [-0.1, -0.05) is 36.4 Å². The van der Waals surface area contributed by atoms with Gasteiger partial charge in [-0.05, 0) is 60.5 Å². The van der Waals surface area contributed by atoms with Crippen molar-refractivity contribution >= 4 is 40.7 Å². The van der Waals surface area contributed by atoms with Gasteiger partial charge in [-0.2, -0.15) is 5.10 Å². The first kappa shape index (κ1) is 23.9. The monoisotopic (exact) mass is 532 g/mol. The summed E-state index contributed by atoms with van der Waals surface area (Å²) in [6.45, 7) is 1.92. The molecule has 0 spiro atoms. The first-order valence-corrected chi connectivity index (χ1v) is 14.1. The van der Waals surface area contributed by atoms with Crippen LogP contribution in [0.15, 0.2) is 66.0 Å². The Kier molecular flexibility index (Phi) is 6.34. The van der Waals surface area contributed by atoms with Crippen molar-refractivity contribution in [3.05, 3.63) is 88.6 Å². The van der Waals surface area contributed by atoms with Crippen molar-refractivity contribution in [2.75, 3.05) is 17.2 Å². The van der Waals surface area contributed by atoms with Gasteiger partial charge in [0.05, 0.1) is 21.6 Å². The van der Waals surface area contributed by atoms with Crippen molar-refractivity contribution < 1.29 is 14.0 Å². The van der Waals surface area contributed by atoms with Crippen LogP contribution in [0.2, 0.25) is 0 Å². The summed E-state index contributed by atoms with van der Waals surface area (Å²) < 4.78 is 15.7. The quantitative estimate of drug-likeness (QED) is 0.356. The van der Waals surface area contributed by atoms with Crippen LogP contribution in [0.25, 0.3) is 16.3 Å². The minimum absolute atomic E-state index is 0.0829. The van der Waals surface area contributed by atoms with E-state index in [9.17, 15) is 14.0 Å². The van der Waals surface area contributed by atoms with Gasteiger partial charge in [-0.15, -0.1) is 23.1 Å². The number of carbonyl (C=O) groups excluding carboxylic acids is 2. The van der Waals surface area contributed by atoms with Gasteiger partial charge >= 0.3 is 0 Å². The zero-order valence-corrected chi connectivity index (χ0v) is 21.8. The minimum Gasteiger partial charge on any atom is -0.352 e. The molecule has 1 N–H and O–H groups in total. The van der Waals surface area contributed by atoms with E-state index in [2.05, 4.69) is 5.32 Å². The van der Waals surface area contributed by atoms with Crippen LogP contribution >= 0.6 is 23.1 Å². The number of anilines is 1. The van der Waals surface area contributed by atoms with Gasteiger partial charge in [0.15, 0.2) is 0 Å². The molecule has 4 aromatic rings. The number of para-hydroxylation sites is 1. The number of amides is 2. The molecule has 37 heavy (non-hydrogen) atoms. The SMILES string of the molecule is Cc1ccccc1-n1nc(-c2cccs2)c2c1N(CC(=O)NC1CC1)C(=O)CSC2c1ccc(F)cc1. The van der Waals surface area contributed by atoms with Gasteiger partial charge in [0.1, 0.15) is 23.9 Å². The van der Waals surface area contributed by atoms with Gasteiger partial charge in [-0.3, -0.25) is 14.5 Å². The molecule has 6 nitrogen and oxygen atoms in total. The first-order chi connectivity index (χ1) is 18.0. The van der Waals surface area contributed by atoms with E-state index in [1.165, 1.54) is 23.9 Å². The lowest BCUT2D eigenvalue weighted by Crippen LogP contribution is -2.43. The van der Waals surface area contributed by atoms with E-state index < -0.39 is 0 Å². The molecule has 2 aromatic carbocycles. The number of thiophene rings is 1. The highest BCUT2D eigenvalue weighted by molar-refractivity contribution is 8.00. The second-order valence-electron chi connectivity index (χ2n) is 9.33. The third kappa shape index (κ3) is 4.69. The summed E-state index contributed by atoms with van der Waals surface area (Å²) in [6.07, 6.45) is 1.94. The molecule has 1 aliphatic heterocycles. The lowest BCUT2D eigenvalue weighted by Gasteiger charge is -2.23. The van der Waals surface area contributed by atoms with Crippen LogP contribution < -0.4 is 10.2 Å². The molecule has 3 heterocycles. The van der Waals surface area contributed by atoms with E-state index in [1.54, 1.807) is 28.4 Å². The van der Waals surface area contributed by atoms with E-state index in [-0.39, 0.29) is 41.2 Å². The average Bonchev–Trinajstić information content (AvgIpc) is 3.41. The maximum absolute atomic E-state index is 13.9. The molecule has 2 amide bonds. The number of nitrogens with one attached hydrogen (secondary N) is 1. The molecule has 1 fully saturated rings. The summed E-state index contributed by atoms with van der Waals surface area (Å²) in [4.78, 5) is 29.2. The van der Waals surface area contributed by atoms with E-state index >= 15 is 0 Å². The van der Waals surface area contributed by atoms with E-state index in [0.29, 0.717) is 5.82 Å². The maximum atomic E-state index is 13.9. The van der Waals surface area contributed by atoms with Gasteiger partial charge in [0, 0.05) is 11.6 Å². The van der Waals surface area contributed by atoms with Crippen LogP contribution in [0.5, 0.6) is 0 Å². The number of thioether (sulfide) groups is 1. The fraction of sp³-hybridized carbons (Fsp3) is 0.250. The molecule has 188 valence electrons. The average molecular weight is 533 g/mol. The van der Waals surface area contributed by atoms with E-state index in [0.717, 1.165) is 45.8 Å². The van der Waals surface area contributed by atoms with Gasteiger partial charge in [-0.25, -0.2) is 9.07 Å². The molecule has 1 unspecified atom stereocenters. The number of hydrogen-bond donors (Lipinski definition) is 1. The van der Waals surface area contributed by atoms with Crippen LogP contribution in [-0.4, -0.2) is 39.9 Å². The Hall–Kier alpha value is -3.43. The third-order valence-electron chi connectivity index (χ3n) is 6.60. The fourth-order valence-electron chi connectivity index (χ4n) is 4.63. The summed E-state index contributed by atoms with van der Waals surface area (Å²) >= 11 is 3.05. The van der Waals surface area contributed by atoms with Gasteiger partial charge < -0.3 is 5.32 Å². The first-order valence-electron chi connectivity index (χ1n) is 12.2. The molecule has 1 aliphatic carbocycles. The molecule has 0 bridgehead atoms. The molecule has 2 aliphatic rings. The van der Waals surface area contributed by atoms with Crippen molar-refractivity contribution in [2.24, 2.45) is 0 Å². The number of rotatable bonds is 6. The molecule has 2 aromatic heterocycles. The Morgan fingerprint density at radius 2 is 1.89 bits per heavy atom. The van der Waals surface area contributed by atoms with Crippen LogP contribution in [0.3, 0.4) is 0 Å². The summed E-state index contributed by atoms with van der Waals surface area (Å²) in [5, 5.41) is 9.82. The van der Waals surface area contributed by atoms with Crippen LogP contribution in [-0.2, 0) is 9.59 Å². The van der Waals surface area contributed by atoms with Crippen molar-refractivity contribution in [3.8, 4) is 16.3 Å². The van der Waals surface area contributed by atoms with E-state index in [1.807, 2.05) is 53.4 Å². The van der Waals surface area contributed by atoms with Gasteiger partial charge in [0.25, 0.3) is 0 Å². The largest absolute Gasteiger partial charge is 0.352 e. The molecule has 0 saturated heterocycles. The predicted octanol–water partition coefficient (Wildman–Crippen LogP) is 5.50. The highest BCUT2D eigenvalue weighted by Crippen LogP contribution is 2.49.